The molecule has 2 saturated heterocycles. The minimum absolute atomic E-state index is 0.0895. The van der Waals surface area contributed by atoms with Crippen LogP contribution in [0.25, 0.3) is 0 Å². The Morgan fingerprint density at radius 3 is 2.63 bits per heavy atom. The molecular formula is C22H28N2O3. The van der Waals surface area contributed by atoms with Gasteiger partial charge in [-0.1, -0.05) is 0 Å². The van der Waals surface area contributed by atoms with Crippen molar-refractivity contribution in [3.05, 3.63) is 29.3 Å². The highest BCUT2D eigenvalue weighted by Crippen LogP contribution is 2.49. The van der Waals surface area contributed by atoms with Crippen molar-refractivity contribution in [2.24, 2.45) is 5.92 Å². The van der Waals surface area contributed by atoms with E-state index in [2.05, 4.69) is 0 Å². The number of benzene rings is 1. The molecule has 1 spiro atoms. The number of likely N-dealkylation sites (tertiary alicyclic amines) is 1. The third-order valence-electron chi connectivity index (χ3n) is 6.61. The Balaban J connectivity index is 1.52. The van der Waals surface area contributed by atoms with E-state index < -0.39 is 5.60 Å². The van der Waals surface area contributed by atoms with Crippen LogP contribution in [-0.2, 0) is 15.1 Å². The molecule has 0 N–H and O–H groups in total. The maximum absolute atomic E-state index is 13.4. The summed E-state index contributed by atoms with van der Waals surface area (Å²) in [6.07, 6.45) is 8.49. The Morgan fingerprint density at radius 2 is 1.93 bits per heavy atom. The number of nitrogens with zero attached hydrogens (tertiary/aromatic N) is 2. The summed E-state index contributed by atoms with van der Waals surface area (Å²) in [4.78, 5) is 30.3. The van der Waals surface area contributed by atoms with Crippen LogP contribution in [0, 0.1) is 5.92 Å². The summed E-state index contributed by atoms with van der Waals surface area (Å²) < 4.78 is 6.16. The van der Waals surface area contributed by atoms with E-state index in [1.54, 1.807) is 0 Å². The van der Waals surface area contributed by atoms with Crippen LogP contribution < -0.4 is 4.90 Å². The van der Waals surface area contributed by atoms with Crippen molar-refractivity contribution in [2.45, 2.75) is 57.0 Å². The van der Waals surface area contributed by atoms with Gasteiger partial charge in [-0.05, 0) is 75.5 Å². The maximum Gasteiger partial charge on any atom is 0.263 e. The summed E-state index contributed by atoms with van der Waals surface area (Å²) >= 11 is 0. The first-order valence-electron chi connectivity index (χ1n) is 10.6. The van der Waals surface area contributed by atoms with Crippen molar-refractivity contribution in [2.75, 3.05) is 31.1 Å². The van der Waals surface area contributed by atoms with Crippen LogP contribution in [0.1, 0.15) is 67.3 Å². The topological polar surface area (TPSA) is 49.9 Å². The van der Waals surface area contributed by atoms with E-state index >= 15 is 0 Å². The molecule has 4 aliphatic rings. The van der Waals surface area contributed by atoms with Gasteiger partial charge in [-0.25, -0.2) is 0 Å². The molecule has 0 aromatic heterocycles. The number of anilines is 1. The van der Waals surface area contributed by atoms with Gasteiger partial charge in [0.15, 0.2) is 5.60 Å². The quantitative estimate of drug-likeness (QED) is 0.821. The lowest BCUT2D eigenvalue weighted by Gasteiger charge is -2.33. The van der Waals surface area contributed by atoms with E-state index in [0.717, 1.165) is 63.0 Å². The van der Waals surface area contributed by atoms with Crippen LogP contribution in [0.5, 0.6) is 0 Å². The van der Waals surface area contributed by atoms with Crippen LogP contribution in [0.3, 0.4) is 0 Å². The Hall–Kier alpha value is -1.88. The van der Waals surface area contributed by atoms with Crippen molar-refractivity contribution in [1.82, 2.24) is 4.90 Å². The highest BCUT2D eigenvalue weighted by molar-refractivity contribution is 6.08. The van der Waals surface area contributed by atoms with Crippen molar-refractivity contribution < 1.29 is 14.3 Å². The molecule has 27 heavy (non-hydrogen) atoms. The molecule has 0 radical (unpaired) electrons. The second kappa shape index (κ2) is 6.62. The monoisotopic (exact) mass is 368 g/mol. The van der Waals surface area contributed by atoms with Crippen molar-refractivity contribution >= 4 is 17.5 Å². The molecule has 0 unspecified atom stereocenters. The standard InChI is InChI=1S/C22H28N2O3/c25-20(23-11-3-1-4-12-23)17-8-9-19-18(14-17)22(10-2-5-13-27-22)21(26)24(19)15-16-6-7-16/h8-9,14,16H,1-7,10-13,15H2/t22-/m1/s1. The number of fused-ring (bicyclic) bond motifs is 2. The van der Waals surface area contributed by atoms with Gasteiger partial charge in [0, 0.05) is 37.4 Å². The molecule has 1 saturated carbocycles. The minimum Gasteiger partial charge on any atom is -0.360 e. The van der Waals surface area contributed by atoms with Gasteiger partial charge >= 0.3 is 0 Å². The fourth-order valence-electron chi connectivity index (χ4n) is 4.87. The first kappa shape index (κ1) is 17.2. The zero-order valence-electron chi connectivity index (χ0n) is 15.9. The van der Waals surface area contributed by atoms with Crippen LogP contribution >= 0.6 is 0 Å². The molecule has 144 valence electrons. The third-order valence-corrected chi connectivity index (χ3v) is 6.61. The zero-order valence-corrected chi connectivity index (χ0v) is 15.9. The molecule has 0 bridgehead atoms. The first-order valence-corrected chi connectivity index (χ1v) is 10.6. The predicted octanol–water partition coefficient (Wildman–Crippen LogP) is 3.47. The van der Waals surface area contributed by atoms with Gasteiger partial charge in [-0.15, -0.1) is 0 Å². The van der Waals surface area contributed by atoms with Gasteiger partial charge in [-0.3, -0.25) is 9.59 Å². The summed E-state index contributed by atoms with van der Waals surface area (Å²) in [6.45, 7) is 3.08. The predicted molar refractivity (Wildman–Crippen MR) is 103 cm³/mol. The number of carbonyl (C=O) groups excluding carboxylic acids is 2. The molecule has 1 aromatic rings. The average Bonchev–Trinajstić information content (AvgIpc) is 3.53. The van der Waals surface area contributed by atoms with Gasteiger partial charge in [0.1, 0.15) is 0 Å². The number of amides is 2. The Bertz CT molecular complexity index is 759. The molecule has 5 heteroatoms. The lowest BCUT2D eigenvalue weighted by Crippen LogP contribution is -2.45. The van der Waals surface area contributed by atoms with Gasteiger partial charge in [0.2, 0.25) is 0 Å². The fourth-order valence-corrected chi connectivity index (χ4v) is 4.87. The van der Waals surface area contributed by atoms with Crippen LogP contribution in [0.2, 0.25) is 0 Å². The second-order valence-electron chi connectivity index (χ2n) is 8.58. The Kier molecular flexibility index (Phi) is 4.23. The Labute approximate surface area is 160 Å². The lowest BCUT2D eigenvalue weighted by molar-refractivity contribution is -0.150. The van der Waals surface area contributed by atoms with Gasteiger partial charge in [-0.2, -0.15) is 0 Å². The summed E-state index contributed by atoms with van der Waals surface area (Å²) in [6, 6.07) is 5.85. The molecule has 3 aliphatic heterocycles. The van der Waals surface area contributed by atoms with E-state index in [9.17, 15) is 9.59 Å². The molecule has 1 aliphatic carbocycles. The Morgan fingerprint density at radius 1 is 1.11 bits per heavy atom. The lowest BCUT2D eigenvalue weighted by atomic mass is 9.86. The normalized spacial score (nSPS) is 27.9. The molecular weight excluding hydrogens is 340 g/mol. The van der Waals surface area contributed by atoms with Crippen molar-refractivity contribution in [3.63, 3.8) is 0 Å². The molecule has 1 aromatic carbocycles. The fraction of sp³-hybridized carbons (Fsp3) is 0.636. The number of rotatable bonds is 3. The maximum atomic E-state index is 13.4. The van der Waals surface area contributed by atoms with Crippen LogP contribution in [-0.4, -0.2) is 43.0 Å². The molecule has 3 fully saturated rings. The second-order valence-corrected chi connectivity index (χ2v) is 8.58. The largest absolute Gasteiger partial charge is 0.360 e. The third kappa shape index (κ3) is 2.87. The van der Waals surface area contributed by atoms with E-state index in [4.69, 9.17) is 4.74 Å². The molecule has 5 rings (SSSR count). The van der Waals surface area contributed by atoms with Crippen LogP contribution in [0.15, 0.2) is 18.2 Å². The van der Waals surface area contributed by atoms with Crippen LogP contribution in [0.4, 0.5) is 5.69 Å². The number of hydrogen-bond acceptors (Lipinski definition) is 3. The smallest absolute Gasteiger partial charge is 0.263 e. The van der Waals surface area contributed by atoms with Gasteiger partial charge < -0.3 is 14.5 Å². The van der Waals surface area contributed by atoms with E-state index in [1.165, 1.54) is 19.3 Å². The van der Waals surface area contributed by atoms with Crippen molar-refractivity contribution in [1.29, 1.82) is 0 Å². The first-order chi connectivity index (χ1) is 13.2. The van der Waals surface area contributed by atoms with Crippen molar-refractivity contribution in [3.8, 4) is 0 Å². The number of carbonyl (C=O) groups is 2. The minimum atomic E-state index is -0.860. The van der Waals surface area contributed by atoms with Gasteiger partial charge in [0.25, 0.3) is 11.8 Å². The number of hydrogen-bond donors (Lipinski definition) is 0. The SMILES string of the molecule is O=C(c1ccc2c(c1)[C@]1(CCCCO1)C(=O)N2CC1CC1)N1CCCCC1. The zero-order chi connectivity index (χ0) is 18.4. The average molecular weight is 368 g/mol. The highest BCUT2D eigenvalue weighted by atomic mass is 16.5. The molecule has 1 atom stereocenters. The molecule has 5 nitrogen and oxygen atoms in total. The van der Waals surface area contributed by atoms with E-state index in [1.807, 2.05) is 28.0 Å². The van der Waals surface area contributed by atoms with E-state index in [-0.39, 0.29) is 11.8 Å². The summed E-state index contributed by atoms with van der Waals surface area (Å²) in [5.74, 6) is 0.804. The summed E-state index contributed by atoms with van der Waals surface area (Å²) in [5, 5.41) is 0. The molecule has 3 heterocycles. The number of piperidine rings is 1. The van der Waals surface area contributed by atoms with E-state index in [0.29, 0.717) is 18.1 Å². The highest BCUT2D eigenvalue weighted by Gasteiger charge is 2.53. The molecule has 2 amide bonds. The summed E-state index contributed by atoms with van der Waals surface area (Å²) in [5.41, 5.74) is 1.73. The van der Waals surface area contributed by atoms with Gasteiger partial charge in [0.05, 0.1) is 5.69 Å². The summed E-state index contributed by atoms with van der Waals surface area (Å²) in [7, 11) is 0. The number of ether oxygens (including phenoxy) is 1.